The quantitative estimate of drug-likeness (QED) is 0.286. The van der Waals surface area contributed by atoms with Crippen LogP contribution in [0.25, 0.3) is 41.7 Å². The lowest BCUT2D eigenvalue weighted by atomic mass is 9.98. The number of fused-ring (bicyclic) bond motifs is 4. The maximum Gasteiger partial charge on any atom is 0.195 e. The monoisotopic (exact) mass is 396 g/mol. The summed E-state index contributed by atoms with van der Waals surface area (Å²) in [6.07, 6.45) is 3.37. The molecule has 0 spiro atoms. The predicted molar refractivity (Wildman–Crippen MR) is 129 cm³/mol. The van der Waals surface area contributed by atoms with E-state index in [0.717, 1.165) is 38.4 Å². The lowest BCUT2D eigenvalue weighted by Crippen LogP contribution is -2.02. The van der Waals surface area contributed by atoms with Crippen molar-refractivity contribution < 1.29 is 0 Å². The van der Waals surface area contributed by atoms with Gasteiger partial charge >= 0.3 is 0 Å². The molecule has 0 saturated heterocycles. The van der Waals surface area contributed by atoms with Crippen molar-refractivity contribution in [2.45, 2.75) is 40.0 Å². The summed E-state index contributed by atoms with van der Waals surface area (Å²) < 4.78 is 2.15. The van der Waals surface area contributed by atoms with Gasteiger partial charge in [0.25, 0.3) is 0 Å². The van der Waals surface area contributed by atoms with Crippen LogP contribution in [0.15, 0.2) is 59.4 Å². The minimum atomic E-state index is 0.161. The normalized spacial score (nSPS) is 11.8. The molecule has 5 aromatic rings. The van der Waals surface area contributed by atoms with Gasteiger partial charge in [-0.2, -0.15) is 0 Å². The second-order valence-corrected chi connectivity index (χ2v) is 9.28. The molecule has 0 N–H and O–H groups in total. The molecule has 1 nitrogen and oxygen atoms in total. The smallest absolute Gasteiger partial charge is 0.195 e. The molecule has 29 heavy (non-hydrogen) atoms. The fourth-order valence-corrected chi connectivity index (χ4v) is 5.30. The molecule has 0 saturated carbocycles. The second-order valence-electron chi connectivity index (χ2n) is 8.20. The number of benzene rings is 4. The van der Waals surface area contributed by atoms with E-state index in [2.05, 4.69) is 75.4 Å². The first-order chi connectivity index (χ1) is 14.0. The molecule has 0 aliphatic carbocycles. The number of aryl methyl sites for hydroxylation is 3. The van der Waals surface area contributed by atoms with Crippen LogP contribution in [-0.4, -0.2) is 0 Å². The van der Waals surface area contributed by atoms with E-state index in [1.165, 1.54) is 39.3 Å². The van der Waals surface area contributed by atoms with Crippen LogP contribution in [0.2, 0.25) is 0 Å². The Kier molecular flexibility index (Phi) is 4.40. The molecule has 1 aromatic heterocycles. The maximum absolute atomic E-state index is 13.3. The molecule has 2 heteroatoms. The Morgan fingerprint density at radius 1 is 0.724 bits per heavy atom. The van der Waals surface area contributed by atoms with Crippen LogP contribution in [0, 0.1) is 13.8 Å². The molecule has 0 aliphatic rings. The molecule has 144 valence electrons. The van der Waals surface area contributed by atoms with Crippen LogP contribution in [0.4, 0.5) is 0 Å². The Balaban J connectivity index is 1.78. The van der Waals surface area contributed by atoms with Gasteiger partial charge in [-0.25, -0.2) is 0 Å². The third-order valence-electron chi connectivity index (χ3n) is 6.08. The van der Waals surface area contributed by atoms with Crippen molar-refractivity contribution in [3.05, 3.63) is 81.5 Å². The first-order valence-electron chi connectivity index (χ1n) is 10.4. The Labute approximate surface area is 174 Å². The van der Waals surface area contributed by atoms with Gasteiger partial charge in [0.05, 0.1) is 0 Å². The summed E-state index contributed by atoms with van der Waals surface area (Å²) >= 11 is 1.72. The highest BCUT2D eigenvalue weighted by Crippen LogP contribution is 2.32. The SMILES string of the molecule is CCCCc1ccc2sc3cc4cc5cc(C)c(C)cc5cc4cc3c(=O)c2c1. The Bertz CT molecular complexity index is 1470. The van der Waals surface area contributed by atoms with Gasteiger partial charge < -0.3 is 0 Å². The van der Waals surface area contributed by atoms with E-state index in [-0.39, 0.29) is 5.43 Å². The van der Waals surface area contributed by atoms with E-state index in [4.69, 9.17) is 0 Å². The lowest BCUT2D eigenvalue weighted by molar-refractivity contribution is 0.796. The van der Waals surface area contributed by atoms with Crippen molar-refractivity contribution in [2.24, 2.45) is 0 Å². The van der Waals surface area contributed by atoms with Crippen molar-refractivity contribution in [1.82, 2.24) is 0 Å². The molecular weight excluding hydrogens is 372 g/mol. The molecule has 0 aliphatic heterocycles. The molecule has 1 heterocycles. The summed E-state index contributed by atoms with van der Waals surface area (Å²) in [5.74, 6) is 0. The average molecular weight is 397 g/mol. The number of unbranched alkanes of at least 4 members (excludes halogenated alkanes) is 1. The molecular formula is C27H24OS. The molecule has 0 unspecified atom stereocenters. The number of hydrogen-bond donors (Lipinski definition) is 0. The van der Waals surface area contributed by atoms with E-state index in [0.29, 0.717) is 0 Å². The van der Waals surface area contributed by atoms with E-state index in [9.17, 15) is 4.79 Å². The van der Waals surface area contributed by atoms with E-state index in [1.54, 1.807) is 11.3 Å². The lowest BCUT2D eigenvalue weighted by Gasteiger charge is -2.09. The van der Waals surface area contributed by atoms with Gasteiger partial charge in [0, 0.05) is 20.2 Å². The minimum Gasteiger partial charge on any atom is -0.289 e. The first kappa shape index (κ1) is 18.3. The molecule has 0 fully saturated rings. The van der Waals surface area contributed by atoms with Crippen LogP contribution < -0.4 is 5.43 Å². The van der Waals surface area contributed by atoms with Crippen molar-refractivity contribution in [1.29, 1.82) is 0 Å². The van der Waals surface area contributed by atoms with Crippen molar-refractivity contribution in [3.8, 4) is 0 Å². The summed E-state index contributed by atoms with van der Waals surface area (Å²) in [5, 5.41) is 6.53. The molecule has 0 atom stereocenters. The van der Waals surface area contributed by atoms with Gasteiger partial charge in [-0.1, -0.05) is 31.5 Å². The Hall–Kier alpha value is -2.71. The van der Waals surface area contributed by atoms with Gasteiger partial charge in [-0.15, -0.1) is 11.3 Å². The Morgan fingerprint density at radius 2 is 1.34 bits per heavy atom. The fourth-order valence-electron chi connectivity index (χ4n) is 4.21. The zero-order valence-electron chi connectivity index (χ0n) is 17.1. The van der Waals surface area contributed by atoms with Gasteiger partial charge in [0.2, 0.25) is 0 Å². The number of rotatable bonds is 3. The van der Waals surface area contributed by atoms with Crippen LogP contribution in [0.3, 0.4) is 0 Å². The highest BCUT2D eigenvalue weighted by Gasteiger charge is 2.10. The summed E-state index contributed by atoms with van der Waals surface area (Å²) in [5.41, 5.74) is 4.04. The summed E-state index contributed by atoms with van der Waals surface area (Å²) in [6, 6.07) is 19.7. The molecule has 4 aromatic carbocycles. The van der Waals surface area contributed by atoms with Crippen molar-refractivity contribution >= 4 is 53.1 Å². The van der Waals surface area contributed by atoms with E-state index >= 15 is 0 Å². The zero-order chi connectivity index (χ0) is 20.1. The topological polar surface area (TPSA) is 17.1 Å². The standard InChI is InChI=1S/C27H24OS/c1-4-5-6-18-7-8-25-23(11-18)27(28)24-14-21-12-19-9-16(2)17(3)10-20(19)13-22(21)15-26(24)29-25/h7-15H,4-6H2,1-3H3. The second kappa shape index (κ2) is 6.96. The van der Waals surface area contributed by atoms with E-state index in [1.807, 2.05) is 0 Å². The maximum atomic E-state index is 13.3. The van der Waals surface area contributed by atoms with Crippen LogP contribution in [0.1, 0.15) is 36.5 Å². The Morgan fingerprint density at radius 3 is 2.03 bits per heavy atom. The van der Waals surface area contributed by atoms with Gasteiger partial charge in [0.1, 0.15) is 0 Å². The van der Waals surface area contributed by atoms with Crippen molar-refractivity contribution in [3.63, 3.8) is 0 Å². The molecule has 0 bridgehead atoms. The summed E-state index contributed by atoms with van der Waals surface area (Å²) in [6.45, 7) is 6.51. The van der Waals surface area contributed by atoms with Crippen molar-refractivity contribution in [2.75, 3.05) is 0 Å². The van der Waals surface area contributed by atoms with Gasteiger partial charge in [-0.3, -0.25) is 4.79 Å². The largest absolute Gasteiger partial charge is 0.289 e. The van der Waals surface area contributed by atoms with Gasteiger partial charge in [-0.05, 0) is 101 Å². The summed E-state index contributed by atoms with van der Waals surface area (Å²) in [7, 11) is 0. The van der Waals surface area contributed by atoms with E-state index < -0.39 is 0 Å². The number of hydrogen-bond acceptors (Lipinski definition) is 2. The zero-order valence-corrected chi connectivity index (χ0v) is 18.0. The fraction of sp³-hybridized carbons (Fsp3) is 0.222. The minimum absolute atomic E-state index is 0.161. The van der Waals surface area contributed by atoms with Crippen LogP contribution in [0.5, 0.6) is 0 Å². The first-order valence-corrected chi connectivity index (χ1v) is 11.2. The van der Waals surface area contributed by atoms with Crippen LogP contribution >= 0.6 is 11.3 Å². The predicted octanol–water partition coefficient (Wildman–Crippen LogP) is 7.68. The molecule has 0 amide bonds. The highest BCUT2D eigenvalue weighted by atomic mass is 32.1. The average Bonchev–Trinajstić information content (AvgIpc) is 2.71. The highest BCUT2D eigenvalue weighted by molar-refractivity contribution is 7.24. The molecule has 5 rings (SSSR count). The molecule has 0 radical (unpaired) electrons. The van der Waals surface area contributed by atoms with Crippen LogP contribution in [-0.2, 0) is 6.42 Å². The third-order valence-corrected chi connectivity index (χ3v) is 7.21. The third kappa shape index (κ3) is 3.12. The van der Waals surface area contributed by atoms with Gasteiger partial charge in [0.15, 0.2) is 5.43 Å². The summed E-state index contributed by atoms with van der Waals surface area (Å²) in [4.78, 5) is 13.3.